The van der Waals surface area contributed by atoms with Crippen LogP contribution < -0.4 is 0 Å². The first-order valence-corrected chi connectivity index (χ1v) is 4.60. The van der Waals surface area contributed by atoms with Crippen molar-refractivity contribution in [3.05, 3.63) is 0 Å². The molecule has 3 heteroatoms. The fraction of sp³-hybridized carbons (Fsp3) is 1.00. The van der Waals surface area contributed by atoms with Gasteiger partial charge in [-0.25, -0.2) is 0 Å². The molecule has 1 saturated carbocycles. The molecular weight excluding hydrogens is 251 g/mol. The second-order valence-electron chi connectivity index (χ2n) is 2.65. The van der Waals surface area contributed by atoms with Crippen LogP contribution >= 0.6 is 31.9 Å². The highest BCUT2D eigenvalue weighted by Gasteiger charge is 2.63. The molecule has 1 unspecified atom stereocenters. The van der Waals surface area contributed by atoms with Gasteiger partial charge in [-0.15, -0.1) is 0 Å². The largest absolute Gasteiger partial charge is 0.250 e. The second kappa shape index (κ2) is 2.19. The molecule has 1 aliphatic rings. The van der Waals surface area contributed by atoms with Crippen LogP contribution in [0.25, 0.3) is 0 Å². The molecule has 0 radical (unpaired) electrons. The Kier molecular flexibility index (Phi) is 1.95. The molecule has 0 aliphatic heterocycles. The van der Waals surface area contributed by atoms with E-state index in [-0.39, 0.29) is 15.3 Å². The summed E-state index contributed by atoms with van der Waals surface area (Å²) in [4.78, 5) is 0. The molecule has 0 aromatic heterocycles. The van der Waals surface area contributed by atoms with Crippen LogP contribution in [-0.4, -0.2) is 9.91 Å². The first kappa shape index (κ1) is 7.99. The molecule has 0 bridgehead atoms. The molecule has 1 fully saturated rings. The summed E-state index contributed by atoms with van der Waals surface area (Å²) in [5.41, 5.74) is -0.104. The molecule has 54 valence electrons. The molecule has 0 saturated heterocycles. The normalized spacial score (nSPS) is 38.7. The second-order valence-corrected chi connectivity index (χ2v) is 6.42. The van der Waals surface area contributed by atoms with Crippen molar-refractivity contribution in [3.63, 3.8) is 0 Å². The van der Waals surface area contributed by atoms with Crippen LogP contribution in [0.3, 0.4) is 0 Å². The van der Waals surface area contributed by atoms with Crippen LogP contribution in [0.2, 0.25) is 0 Å². The number of halogens is 3. The topological polar surface area (TPSA) is 0 Å². The Hall–Kier alpha value is 0.890. The quantitative estimate of drug-likeness (QED) is 0.668. The van der Waals surface area contributed by atoms with Crippen molar-refractivity contribution >= 4 is 31.9 Å². The van der Waals surface area contributed by atoms with Crippen molar-refractivity contribution in [2.45, 2.75) is 23.0 Å². The van der Waals surface area contributed by atoms with Crippen LogP contribution in [0.4, 0.5) is 4.39 Å². The zero-order valence-electron chi connectivity index (χ0n) is 5.26. The van der Waals surface area contributed by atoms with E-state index in [0.29, 0.717) is 0 Å². The van der Waals surface area contributed by atoms with E-state index in [1.807, 2.05) is 6.92 Å². The van der Waals surface area contributed by atoms with E-state index >= 15 is 0 Å². The fourth-order valence-corrected chi connectivity index (χ4v) is 2.85. The Bertz CT molecular complexity index is 118. The number of rotatable bonds is 2. The van der Waals surface area contributed by atoms with Gasteiger partial charge < -0.3 is 0 Å². The van der Waals surface area contributed by atoms with Gasteiger partial charge in [-0.05, 0) is 12.8 Å². The lowest BCUT2D eigenvalue weighted by Gasteiger charge is -2.09. The zero-order chi connectivity index (χ0) is 7.12. The lowest BCUT2D eigenvalue weighted by Crippen LogP contribution is -2.09. The lowest BCUT2D eigenvalue weighted by atomic mass is 10.1. The number of alkyl halides is 3. The van der Waals surface area contributed by atoms with Gasteiger partial charge in [0.1, 0.15) is 0 Å². The molecule has 1 aliphatic carbocycles. The van der Waals surface area contributed by atoms with Gasteiger partial charge >= 0.3 is 0 Å². The first-order chi connectivity index (χ1) is 4.08. The van der Waals surface area contributed by atoms with Crippen LogP contribution in [-0.2, 0) is 0 Å². The lowest BCUT2D eigenvalue weighted by molar-refractivity contribution is 0.333. The molecule has 0 amide bonds. The number of hydrogen-bond donors (Lipinski definition) is 0. The zero-order valence-corrected chi connectivity index (χ0v) is 8.43. The predicted molar refractivity (Wildman–Crippen MR) is 43.9 cm³/mol. The maximum Gasteiger partial charge on any atom is 0.0973 e. The molecule has 0 N–H and O–H groups in total. The minimum absolute atomic E-state index is 0.0868. The van der Waals surface area contributed by atoms with Gasteiger partial charge in [0, 0.05) is 5.41 Å². The Balaban J connectivity index is 2.57. The summed E-state index contributed by atoms with van der Waals surface area (Å²) in [7, 11) is 0. The molecule has 0 nitrogen and oxygen atoms in total. The van der Waals surface area contributed by atoms with E-state index in [2.05, 4.69) is 31.9 Å². The monoisotopic (exact) mass is 258 g/mol. The molecule has 1 atom stereocenters. The van der Waals surface area contributed by atoms with Crippen LogP contribution in [0.1, 0.15) is 19.8 Å². The summed E-state index contributed by atoms with van der Waals surface area (Å²) in [5, 5.41) is 0. The molecule has 0 heterocycles. The van der Waals surface area contributed by atoms with E-state index in [1.165, 1.54) is 0 Å². The summed E-state index contributed by atoms with van der Waals surface area (Å²) < 4.78 is 12.2. The number of hydrogen-bond acceptors (Lipinski definition) is 0. The van der Waals surface area contributed by atoms with Crippen molar-refractivity contribution < 1.29 is 4.39 Å². The van der Waals surface area contributed by atoms with Crippen molar-refractivity contribution in [1.29, 1.82) is 0 Å². The van der Waals surface area contributed by atoms with Crippen molar-refractivity contribution in [1.82, 2.24) is 0 Å². The van der Waals surface area contributed by atoms with E-state index in [0.717, 1.165) is 12.8 Å². The average Bonchev–Trinajstić information content (AvgIpc) is 2.35. The van der Waals surface area contributed by atoms with E-state index < -0.39 is 0 Å². The smallest absolute Gasteiger partial charge is 0.0973 e. The molecule has 0 aromatic rings. The van der Waals surface area contributed by atoms with E-state index in [4.69, 9.17) is 0 Å². The Morgan fingerprint density at radius 1 is 1.56 bits per heavy atom. The van der Waals surface area contributed by atoms with Crippen LogP contribution in [0, 0.1) is 5.41 Å². The third-order valence-electron chi connectivity index (χ3n) is 2.14. The van der Waals surface area contributed by atoms with E-state index in [9.17, 15) is 4.39 Å². The highest BCUT2D eigenvalue weighted by molar-refractivity contribution is 9.25. The fourth-order valence-electron chi connectivity index (χ4n) is 1.00. The minimum Gasteiger partial charge on any atom is -0.250 e. The molecule has 0 aromatic carbocycles. The average molecular weight is 260 g/mol. The van der Waals surface area contributed by atoms with Gasteiger partial charge in [-0.1, -0.05) is 38.8 Å². The first-order valence-electron chi connectivity index (χ1n) is 3.02. The van der Waals surface area contributed by atoms with Gasteiger partial charge in [0.2, 0.25) is 0 Å². The third-order valence-corrected chi connectivity index (χ3v) is 4.39. The molecule has 0 spiro atoms. The van der Waals surface area contributed by atoms with Gasteiger partial charge in [-0.2, -0.15) is 0 Å². The minimum atomic E-state index is -0.222. The van der Waals surface area contributed by atoms with Gasteiger partial charge in [0.05, 0.1) is 9.91 Å². The summed E-state index contributed by atoms with van der Waals surface area (Å²) in [6.45, 7) is 1.80. The van der Waals surface area contributed by atoms with Gasteiger partial charge in [0.15, 0.2) is 0 Å². The van der Waals surface area contributed by atoms with Crippen LogP contribution in [0.5, 0.6) is 0 Å². The maximum absolute atomic E-state index is 12.3. The Labute approximate surface area is 71.5 Å². The molecule has 1 rings (SSSR count). The standard InChI is InChI=1S/C6H9Br2F/c1-2-5(4-9)3-6(5,7)8/h2-4H2,1H3. The Morgan fingerprint density at radius 3 is 2.00 bits per heavy atom. The summed E-state index contributed by atoms with van der Waals surface area (Å²) >= 11 is 6.81. The summed E-state index contributed by atoms with van der Waals surface area (Å²) in [6, 6.07) is 0. The van der Waals surface area contributed by atoms with Gasteiger partial charge in [-0.3, -0.25) is 4.39 Å². The maximum atomic E-state index is 12.3. The summed E-state index contributed by atoms with van der Waals surface area (Å²) in [5.74, 6) is 0. The van der Waals surface area contributed by atoms with Gasteiger partial charge in [0.25, 0.3) is 0 Å². The van der Waals surface area contributed by atoms with Crippen LogP contribution in [0.15, 0.2) is 0 Å². The van der Waals surface area contributed by atoms with Crippen molar-refractivity contribution in [2.24, 2.45) is 5.41 Å². The highest BCUT2D eigenvalue weighted by Crippen LogP contribution is 2.68. The summed E-state index contributed by atoms with van der Waals surface area (Å²) in [6.07, 6.45) is 1.81. The van der Waals surface area contributed by atoms with Crippen molar-refractivity contribution in [3.8, 4) is 0 Å². The van der Waals surface area contributed by atoms with E-state index in [1.54, 1.807) is 0 Å². The molecular formula is C6H9Br2F. The Morgan fingerprint density at radius 2 is 2.00 bits per heavy atom. The highest BCUT2D eigenvalue weighted by atomic mass is 79.9. The predicted octanol–water partition coefficient (Wildman–Crippen LogP) is 3.24. The SMILES string of the molecule is CCC1(CF)CC1(Br)Br. The molecule has 9 heavy (non-hydrogen) atoms. The van der Waals surface area contributed by atoms with Crippen molar-refractivity contribution in [2.75, 3.05) is 6.67 Å². The third kappa shape index (κ3) is 1.07.